The van der Waals surface area contributed by atoms with Crippen LogP contribution in [0.15, 0.2) is 68.2 Å². The molecule has 11 heteroatoms. The average Bonchev–Trinajstić information content (AvgIpc) is 2.94. The number of hydrogen-bond donors (Lipinski definition) is 1. The zero-order chi connectivity index (χ0) is 32.5. The van der Waals surface area contributed by atoms with Crippen LogP contribution in [0.25, 0.3) is 11.0 Å². The van der Waals surface area contributed by atoms with E-state index < -0.39 is 41.3 Å². The van der Waals surface area contributed by atoms with Crippen molar-refractivity contribution in [3.05, 3.63) is 97.2 Å². The van der Waals surface area contributed by atoms with Crippen LogP contribution in [0.5, 0.6) is 5.75 Å². The summed E-state index contributed by atoms with van der Waals surface area (Å²) in [5, 5.41) is 3.70. The first kappa shape index (κ1) is 32.4. The summed E-state index contributed by atoms with van der Waals surface area (Å²) in [4.78, 5) is 39.0. The van der Waals surface area contributed by atoms with Crippen LogP contribution >= 0.6 is 0 Å². The van der Waals surface area contributed by atoms with E-state index in [1.54, 1.807) is 39.8 Å². The minimum Gasteiger partial charge on any atom is -0.490 e. The molecular weight excluding hydrogens is 579 g/mol. The lowest BCUT2D eigenvalue weighted by molar-refractivity contribution is -0.144. The average molecular weight is 614 g/mol. The Bertz CT molecular complexity index is 1750. The molecule has 2 aromatic carbocycles. The first-order valence-corrected chi connectivity index (χ1v) is 14.0. The third-order valence-electron chi connectivity index (χ3n) is 7.52. The first-order valence-electron chi connectivity index (χ1n) is 14.0. The molecule has 1 unspecified atom stereocenters. The van der Waals surface area contributed by atoms with Gasteiger partial charge in [-0.2, -0.15) is 13.2 Å². The van der Waals surface area contributed by atoms with Crippen molar-refractivity contribution >= 4 is 22.9 Å². The number of ether oxygens (including phenoxy) is 3. The zero-order valence-corrected chi connectivity index (χ0v) is 25.5. The molecule has 4 rings (SSSR count). The second-order valence-corrected chi connectivity index (χ2v) is 10.9. The summed E-state index contributed by atoms with van der Waals surface area (Å²) >= 11 is 0. The molecule has 2 heterocycles. The maximum Gasteiger partial charge on any atom is 0.416 e. The van der Waals surface area contributed by atoms with E-state index in [-0.39, 0.29) is 41.3 Å². The van der Waals surface area contributed by atoms with Crippen molar-refractivity contribution in [1.29, 1.82) is 0 Å². The van der Waals surface area contributed by atoms with Crippen molar-refractivity contribution < 1.29 is 41.4 Å². The Kier molecular flexibility index (Phi) is 9.27. The van der Waals surface area contributed by atoms with Gasteiger partial charge >= 0.3 is 23.7 Å². The lowest BCUT2D eigenvalue weighted by atomic mass is 9.78. The van der Waals surface area contributed by atoms with Gasteiger partial charge in [0, 0.05) is 27.9 Å². The number of aryl methyl sites for hydroxylation is 2. The molecule has 1 aliphatic heterocycles. The summed E-state index contributed by atoms with van der Waals surface area (Å²) in [5.41, 5.74) is 0.794. The van der Waals surface area contributed by atoms with Gasteiger partial charge in [-0.15, -0.1) is 0 Å². The highest BCUT2D eigenvalue weighted by atomic mass is 19.4. The fourth-order valence-corrected chi connectivity index (χ4v) is 5.28. The van der Waals surface area contributed by atoms with Gasteiger partial charge in [0.25, 0.3) is 0 Å². The molecule has 0 spiro atoms. The van der Waals surface area contributed by atoms with E-state index in [9.17, 15) is 27.6 Å². The Morgan fingerprint density at radius 1 is 0.886 bits per heavy atom. The lowest BCUT2D eigenvalue weighted by Gasteiger charge is -2.32. The fraction of sp³-hybridized carbons (Fsp3) is 0.364. The van der Waals surface area contributed by atoms with E-state index in [0.29, 0.717) is 22.5 Å². The largest absolute Gasteiger partial charge is 0.490 e. The third kappa shape index (κ3) is 6.36. The van der Waals surface area contributed by atoms with E-state index in [1.165, 1.54) is 32.0 Å². The van der Waals surface area contributed by atoms with Gasteiger partial charge in [-0.25, -0.2) is 14.4 Å². The number of carbonyl (C=O) groups is 2. The molecule has 0 fully saturated rings. The van der Waals surface area contributed by atoms with Crippen LogP contribution in [0, 0.1) is 20.8 Å². The van der Waals surface area contributed by atoms with Gasteiger partial charge in [0.05, 0.1) is 28.7 Å². The highest BCUT2D eigenvalue weighted by Gasteiger charge is 2.43. The molecular formula is C33H34F3NO7. The van der Waals surface area contributed by atoms with Crippen molar-refractivity contribution in [3.63, 3.8) is 0 Å². The molecule has 44 heavy (non-hydrogen) atoms. The van der Waals surface area contributed by atoms with Crippen LogP contribution in [0.4, 0.5) is 13.2 Å². The van der Waals surface area contributed by atoms with Crippen molar-refractivity contribution in [2.75, 3.05) is 13.2 Å². The van der Waals surface area contributed by atoms with Crippen molar-refractivity contribution in [3.8, 4) is 5.75 Å². The maximum atomic E-state index is 14.1. The number of carbonyl (C=O) groups excluding carboxylic acids is 2. The summed E-state index contributed by atoms with van der Waals surface area (Å²) in [6.45, 7) is 11.2. The molecule has 0 amide bonds. The summed E-state index contributed by atoms with van der Waals surface area (Å²) < 4.78 is 64.6. The molecule has 1 atom stereocenters. The Balaban J connectivity index is 1.62. The van der Waals surface area contributed by atoms with Crippen LogP contribution < -0.4 is 15.7 Å². The molecule has 0 aliphatic carbocycles. The lowest BCUT2D eigenvalue weighted by Crippen LogP contribution is -2.34. The maximum absolute atomic E-state index is 14.1. The minimum absolute atomic E-state index is 0.103. The number of hydrogen-bond acceptors (Lipinski definition) is 8. The molecule has 1 N–H and O–H groups in total. The molecule has 1 aliphatic rings. The van der Waals surface area contributed by atoms with E-state index in [0.717, 1.165) is 17.0 Å². The highest BCUT2D eigenvalue weighted by molar-refractivity contribution is 6.00. The molecule has 1 aromatic heterocycles. The topological polar surface area (TPSA) is 104 Å². The second-order valence-electron chi connectivity index (χ2n) is 10.9. The SMILES string of the molecule is CC1=C(C(=O)OCCOc2ccc3c(C)c(C)c(=O)oc3c2C)C(c2ccccc2C(F)(F)F)C(C(=O)OC(C)C)=C(C)N1. The van der Waals surface area contributed by atoms with Gasteiger partial charge in [0.1, 0.15) is 24.5 Å². The van der Waals surface area contributed by atoms with Crippen LogP contribution in [0.3, 0.4) is 0 Å². The summed E-state index contributed by atoms with van der Waals surface area (Å²) in [5.74, 6) is -2.78. The Labute approximate surface area is 252 Å². The molecule has 3 aromatic rings. The summed E-state index contributed by atoms with van der Waals surface area (Å²) in [6.07, 6.45) is -5.31. The predicted octanol–water partition coefficient (Wildman–Crippen LogP) is 6.55. The van der Waals surface area contributed by atoms with Crippen molar-refractivity contribution in [2.24, 2.45) is 0 Å². The number of allylic oxidation sites excluding steroid dienone is 2. The number of dihydropyridines is 1. The zero-order valence-electron chi connectivity index (χ0n) is 25.5. The molecule has 8 nitrogen and oxygen atoms in total. The van der Waals surface area contributed by atoms with Crippen molar-refractivity contribution in [1.82, 2.24) is 5.32 Å². The molecule has 234 valence electrons. The Morgan fingerprint density at radius 3 is 2.16 bits per heavy atom. The van der Waals surface area contributed by atoms with E-state index >= 15 is 0 Å². The Morgan fingerprint density at radius 2 is 1.52 bits per heavy atom. The molecule has 0 radical (unpaired) electrons. The van der Waals surface area contributed by atoms with Gasteiger partial charge in [-0.1, -0.05) is 18.2 Å². The number of alkyl halides is 3. The highest BCUT2D eigenvalue weighted by Crippen LogP contribution is 2.44. The number of rotatable bonds is 8. The third-order valence-corrected chi connectivity index (χ3v) is 7.52. The summed E-state index contributed by atoms with van der Waals surface area (Å²) in [6, 6.07) is 8.28. The molecule has 0 bridgehead atoms. The first-order chi connectivity index (χ1) is 20.6. The van der Waals surface area contributed by atoms with Gasteiger partial charge in [0.2, 0.25) is 0 Å². The van der Waals surface area contributed by atoms with Crippen LogP contribution in [-0.4, -0.2) is 31.3 Å². The van der Waals surface area contributed by atoms with Crippen molar-refractivity contribution in [2.45, 2.75) is 66.7 Å². The Hall–Kier alpha value is -4.54. The van der Waals surface area contributed by atoms with E-state index in [4.69, 9.17) is 18.6 Å². The van der Waals surface area contributed by atoms with Crippen LogP contribution in [0.1, 0.15) is 61.4 Å². The fourth-order valence-electron chi connectivity index (χ4n) is 5.28. The number of benzene rings is 2. The number of esters is 2. The molecule has 0 saturated carbocycles. The monoisotopic (exact) mass is 613 g/mol. The standard InChI is InChI=1S/C33H34F3NO7/c1-16(2)43-32(40)27-21(7)37-20(6)26(28(27)23-10-8-9-11-24(23)33(34,35)36)31(39)42-15-14-41-25-13-12-22-17(3)18(4)30(38)44-29(22)19(25)5/h8-13,16,28,37H,14-15H2,1-7H3. The second kappa shape index (κ2) is 12.6. The smallest absolute Gasteiger partial charge is 0.416 e. The van der Waals surface area contributed by atoms with Gasteiger partial charge in [0.15, 0.2) is 0 Å². The van der Waals surface area contributed by atoms with Gasteiger partial charge in [-0.3, -0.25) is 0 Å². The number of halogens is 3. The van der Waals surface area contributed by atoms with Crippen LogP contribution in [-0.2, 0) is 25.2 Å². The quantitative estimate of drug-likeness (QED) is 0.173. The van der Waals surface area contributed by atoms with Gasteiger partial charge < -0.3 is 23.9 Å². The van der Waals surface area contributed by atoms with E-state index in [2.05, 4.69) is 5.32 Å². The van der Waals surface area contributed by atoms with Crippen LogP contribution in [0.2, 0.25) is 0 Å². The normalized spacial score (nSPS) is 15.5. The van der Waals surface area contributed by atoms with Gasteiger partial charge in [-0.05, 0) is 77.8 Å². The minimum atomic E-state index is -4.76. The predicted molar refractivity (Wildman–Crippen MR) is 157 cm³/mol. The summed E-state index contributed by atoms with van der Waals surface area (Å²) in [7, 11) is 0. The molecule has 0 saturated heterocycles. The number of fused-ring (bicyclic) bond motifs is 1. The van der Waals surface area contributed by atoms with E-state index in [1.807, 2.05) is 6.92 Å². The number of nitrogens with one attached hydrogen (secondary N) is 1.